The number of fused-ring (bicyclic) bond motifs is 1. The van der Waals surface area contributed by atoms with Gasteiger partial charge < -0.3 is 0 Å². The molecule has 23 heavy (non-hydrogen) atoms. The Morgan fingerprint density at radius 3 is 2.30 bits per heavy atom. The first-order valence-electron chi connectivity index (χ1n) is 7.72. The number of halogens is 1. The van der Waals surface area contributed by atoms with E-state index in [0.717, 1.165) is 5.57 Å². The van der Waals surface area contributed by atoms with Crippen molar-refractivity contribution in [1.82, 2.24) is 4.90 Å². The van der Waals surface area contributed by atoms with Crippen LogP contribution in [-0.4, -0.2) is 26.1 Å². The van der Waals surface area contributed by atoms with E-state index in [2.05, 4.69) is 29.1 Å². The standard InChI is InChI=1S/C18H24BrNO2S/c1-7-9-18(10-8-2)15(22)20-12(13(21)17(4,5)6)11(3)14(19)23-16(18)20/h7-8,14,16H,1-2,9-10H2,3-6H3/t14?,16-/m0/s1. The van der Waals surface area contributed by atoms with E-state index in [4.69, 9.17) is 0 Å². The van der Waals surface area contributed by atoms with Crippen LogP contribution in [0, 0.1) is 10.8 Å². The predicted octanol–water partition coefficient (Wildman–Crippen LogP) is 4.65. The highest BCUT2D eigenvalue weighted by Gasteiger charge is 2.63. The number of allylic oxidation sites excluding steroid dienone is 3. The highest BCUT2D eigenvalue weighted by Crippen LogP contribution is 2.58. The number of rotatable bonds is 5. The largest absolute Gasteiger partial charge is 0.295 e. The van der Waals surface area contributed by atoms with Crippen molar-refractivity contribution in [3.63, 3.8) is 0 Å². The molecule has 1 amide bonds. The Kier molecular flexibility index (Phi) is 5.03. The Bertz CT molecular complexity index is 593. The fourth-order valence-electron chi connectivity index (χ4n) is 3.17. The molecule has 0 aromatic rings. The molecule has 2 atom stereocenters. The van der Waals surface area contributed by atoms with E-state index >= 15 is 0 Å². The molecule has 126 valence electrons. The number of amides is 1. The van der Waals surface area contributed by atoms with Crippen molar-refractivity contribution >= 4 is 39.4 Å². The molecule has 2 heterocycles. The summed E-state index contributed by atoms with van der Waals surface area (Å²) in [5, 5.41) is -0.0552. The number of hydrogen-bond donors (Lipinski definition) is 0. The summed E-state index contributed by atoms with van der Waals surface area (Å²) in [6.07, 6.45) is 4.78. The molecule has 5 heteroatoms. The van der Waals surface area contributed by atoms with Crippen LogP contribution in [0.5, 0.6) is 0 Å². The maximum Gasteiger partial charge on any atom is 0.237 e. The first kappa shape index (κ1) is 18.5. The van der Waals surface area contributed by atoms with Crippen molar-refractivity contribution in [2.24, 2.45) is 10.8 Å². The Morgan fingerprint density at radius 1 is 1.35 bits per heavy atom. The molecule has 0 saturated carbocycles. The van der Waals surface area contributed by atoms with E-state index in [-0.39, 0.29) is 21.2 Å². The maximum atomic E-state index is 13.0. The van der Waals surface area contributed by atoms with Crippen molar-refractivity contribution in [3.05, 3.63) is 36.6 Å². The van der Waals surface area contributed by atoms with Crippen LogP contribution < -0.4 is 0 Å². The Balaban J connectivity index is 2.50. The zero-order valence-electron chi connectivity index (χ0n) is 14.2. The van der Waals surface area contributed by atoms with E-state index in [1.165, 1.54) is 0 Å². The Labute approximate surface area is 151 Å². The van der Waals surface area contributed by atoms with Gasteiger partial charge >= 0.3 is 0 Å². The highest BCUT2D eigenvalue weighted by atomic mass is 79.9. The molecular formula is C18H24BrNO2S. The SMILES string of the molecule is C=CCC1(CC=C)C(=O)N2C(C(=O)C(C)(C)C)=C(C)C(Br)S[C@H]21. The second-order valence-electron chi connectivity index (χ2n) is 7.23. The molecule has 0 N–H and O–H groups in total. The second kappa shape index (κ2) is 6.25. The maximum absolute atomic E-state index is 13.0. The van der Waals surface area contributed by atoms with Gasteiger partial charge in [0, 0.05) is 5.41 Å². The molecule has 3 nitrogen and oxygen atoms in total. The van der Waals surface area contributed by atoms with E-state index in [9.17, 15) is 9.59 Å². The minimum absolute atomic E-state index is 0.0150. The molecule has 0 spiro atoms. The average Bonchev–Trinajstić information content (AvgIpc) is 2.47. The molecule has 1 unspecified atom stereocenters. The fourth-order valence-corrected chi connectivity index (χ4v) is 5.42. The van der Waals surface area contributed by atoms with E-state index < -0.39 is 10.8 Å². The number of nitrogens with zero attached hydrogens (tertiary/aromatic N) is 1. The van der Waals surface area contributed by atoms with Crippen LogP contribution in [0.1, 0.15) is 40.5 Å². The summed E-state index contributed by atoms with van der Waals surface area (Å²) in [5.74, 6) is 0.0325. The van der Waals surface area contributed by atoms with E-state index in [0.29, 0.717) is 18.5 Å². The number of thioether (sulfide) groups is 1. The van der Waals surface area contributed by atoms with Crippen molar-refractivity contribution < 1.29 is 9.59 Å². The van der Waals surface area contributed by atoms with Crippen LogP contribution >= 0.6 is 27.7 Å². The van der Waals surface area contributed by atoms with Gasteiger partial charge in [-0.1, -0.05) is 48.9 Å². The third-order valence-corrected chi connectivity index (χ3v) is 7.32. The third-order valence-electron chi connectivity index (χ3n) is 4.47. The summed E-state index contributed by atoms with van der Waals surface area (Å²) in [7, 11) is 0. The quantitative estimate of drug-likeness (QED) is 0.384. The minimum atomic E-state index is -0.524. The molecule has 1 fully saturated rings. The number of hydrogen-bond acceptors (Lipinski definition) is 3. The van der Waals surface area contributed by atoms with E-state index in [1.807, 2.05) is 27.7 Å². The second-order valence-corrected chi connectivity index (χ2v) is 9.94. The van der Waals surface area contributed by atoms with Gasteiger partial charge in [-0.3, -0.25) is 14.5 Å². The van der Waals surface area contributed by atoms with Crippen LogP contribution in [-0.2, 0) is 9.59 Å². The minimum Gasteiger partial charge on any atom is -0.295 e. The van der Waals surface area contributed by atoms with E-state index in [1.54, 1.807) is 28.8 Å². The van der Waals surface area contributed by atoms with Gasteiger partial charge in [-0.2, -0.15) is 0 Å². The van der Waals surface area contributed by atoms with Crippen molar-refractivity contribution in [3.8, 4) is 0 Å². The van der Waals surface area contributed by atoms with Gasteiger partial charge in [-0.25, -0.2) is 0 Å². The number of β-lactam (4-membered cyclic amide) rings is 1. The Morgan fingerprint density at radius 2 is 1.87 bits per heavy atom. The zero-order chi connectivity index (χ0) is 17.6. The molecule has 0 bridgehead atoms. The van der Waals surface area contributed by atoms with Crippen molar-refractivity contribution in [2.45, 2.75) is 50.1 Å². The summed E-state index contributed by atoms with van der Waals surface area (Å²) in [4.78, 5) is 27.6. The molecule has 0 aliphatic carbocycles. The highest BCUT2D eigenvalue weighted by molar-refractivity contribution is 9.11. The normalized spacial score (nSPS) is 26.5. The lowest BCUT2D eigenvalue weighted by atomic mass is 9.71. The smallest absolute Gasteiger partial charge is 0.237 e. The van der Waals surface area contributed by atoms with Crippen LogP contribution in [0.4, 0.5) is 0 Å². The average molecular weight is 398 g/mol. The van der Waals surface area contributed by atoms with Crippen LogP contribution in [0.25, 0.3) is 0 Å². The first-order chi connectivity index (χ1) is 10.6. The molecule has 0 aromatic heterocycles. The lowest BCUT2D eigenvalue weighted by Gasteiger charge is -2.59. The predicted molar refractivity (Wildman–Crippen MR) is 100 cm³/mol. The zero-order valence-corrected chi connectivity index (χ0v) is 16.6. The summed E-state index contributed by atoms with van der Waals surface area (Å²) >= 11 is 5.35. The summed E-state index contributed by atoms with van der Waals surface area (Å²) in [6.45, 7) is 15.2. The molecule has 2 aliphatic heterocycles. The van der Waals surface area contributed by atoms with Gasteiger partial charge in [-0.15, -0.1) is 24.9 Å². The lowest BCUT2D eigenvalue weighted by molar-refractivity contribution is -0.161. The molecule has 1 saturated heterocycles. The fraction of sp³-hybridized carbons (Fsp3) is 0.556. The molecule has 0 radical (unpaired) electrons. The third kappa shape index (κ3) is 2.76. The Hall–Kier alpha value is -0.810. The van der Waals surface area contributed by atoms with Gasteiger partial charge in [0.15, 0.2) is 5.78 Å². The molecule has 2 rings (SSSR count). The molecule has 2 aliphatic rings. The van der Waals surface area contributed by atoms with Gasteiger partial charge in [0.1, 0.15) is 0 Å². The van der Waals surface area contributed by atoms with Crippen molar-refractivity contribution in [2.75, 3.05) is 0 Å². The number of alkyl halides is 1. The van der Waals surface area contributed by atoms with Crippen LogP contribution in [0.15, 0.2) is 36.6 Å². The van der Waals surface area contributed by atoms with Crippen LogP contribution in [0.2, 0.25) is 0 Å². The number of carbonyl (C=O) groups excluding carboxylic acids is 2. The number of ketones is 1. The molecule has 0 aromatic carbocycles. The number of Topliss-reactive ketones (excluding diaryl/α,β-unsaturated/α-hetero) is 1. The topological polar surface area (TPSA) is 37.4 Å². The van der Waals surface area contributed by atoms with Gasteiger partial charge in [0.2, 0.25) is 5.91 Å². The molecular weight excluding hydrogens is 374 g/mol. The summed E-state index contributed by atoms with van der Waals surface area (Å²) in [6, 6.07) is 0. The first-order valence-corrected chi connectivity index (χ1v) is 9.58. The summed E-state index contributed by atoms with van der Waals surface area (Å²) < 4.78 is 0.0344. The number of carbonyl (C=O) groups is 2. The summed E-state index contributed by atoms with van der Waals surface area (Å²) in [5.41, 5.74) is 0.442. The van der Waals surface area contributed by atoms with Gasteiger partial charge in [0.25, 0.3) is 0 Å². The monoisotopic (exact) mass is 397 g/mol. The van der Waals surface area contributed by atoms with Crippen LogP contribution in [0.3, 0.4) is 0 Å². The lowest BCUT2D eigenvalue weighted by Crippen LogP contribution is -2.69. The van der Waals surface area contributed by atoms with Gasteiger partial charge in [-0.05, 0) is 25.3 Å². The van der Waals surface area contributed by atoms with Gasteiger partial charge in [0.05, 0.1) is 20.6 Å². The van der Waals surface area contributed by atoms with Crippen molar-refractivity contribution in [1.29, 1.82) is 0 Å².